The van der Waals surface area contributed by atoms with E-state index < -0.39 is 0 Å². The lowest BCUT2D eigenvalue weighted by Crippen LogP contribution is -2.35. The Balaban J connectivity index is 1.74. The zero-order chi connectivity index (χ0) is 16.7. The summed E-state index contributed by atoms with van der Waals surface area (Å²) in [6.45, 7) is 3.87. The van der Waals surface area contributed by atoms with Gasteiger partial charge in [-0.15, -0.1) is 0 Å². The van der Waals surface area contributed by atoms with Gasteiger partial charge in [0.2, 0.25) is 5.91 Å². The Hall–Kier alpha value is -2.81. The molecule has 1 aromatic heterocycles. The molecule has 0 bridgehead atoms. The van der Waals surface area contributed by atoms with Crippen LogP contribution in [0.1, 0.15) is 35.7 Å². The number of nitrogens with zero attached hydrogens (tertiary/aromatic N) is 4. The molecule has 1 aromatic carbocycles. The number of anilines is 2. The van der Waals surface area contributed by atoms with Gasteiger partial charge in [0.05, 0.1) is 18.2 Å². The first-order chi connectivity index (χ1) is 11.7. The third kappa shape index (κ3) is 2.33. The van der Waals surface area contributed by atoms with E-state index >= 15 is 0 Å². The van der Waals surface area contributed by atoms with Gasteiger partial charge in [-0.3, -0.25) is 9.89 Å². The van der Waals surface area contributed by atoms with Crippen LogP contribution in [-0.2, 0) is 24.2 Å². The topological polar surface area (TPSA) is 76.0 Å². The third-order valence-corrected chi connectivity index (χ3v) is 4.94. The molecule has 1 amide bonds. The minimum atomic E-state index is 0.102. The highest BCUT2D eigenvalue weighted by molar-refractivity contribution is 5.75. The van der Waals surface area contributed by atoms with Crippen LogP contribution in [0.2, 0.25) is 0 Å². The smallest absolute Gasteiger partial charge is 0.219 e. The lowest BCUT2D eigenvalue weighted by atomic mass is 9.98. The first-order valence-electron chi connectivity index (χ1n) is 8.29. The molecule has 2 aromatic rings. The summed E-state index contributed by atoms with van der Waals surface area (Å²) >= 11 is 0. The number of rotatable bonds is 1. The number of carbonyl (C=O) groups is 1. The summed E-state index contributed by atoms with van der Waals surface area (Å²) in [5.74, 6) is 1.02. The zero-order valence-corrected chi connectivity index (χ0v) is 13.7. The highest BCUT2D eigenvalue weighted by Crippen LogP contribution is 2.37. The van der Waals surface area contributed by atoms with Crippen molar-refractivity contribution in [1.82, 2.24) is 15.1 Å². The lowest BCUT2D eigenvalue weighted by Gasteiger charge is -2.32. The van der Waals surface area contributed by atoms with Crippen molar-refractivity contribution in [3.05, 3.63) is 40.6 Å². The van der Waals surface area contributed by atoms with Crippen molar-refractivity contribution in [2.75, 3.05) is 18.0 Å². The second-order valence-electron chi connectivity index (χ2n) is 6.41. The van der Waals surface area contributed by atoms with Crippen LogP contribution in [0.5, 0.6) is 0 Å². The molecule has 0 saturated heterocycles. The first-order valence-corrected chi connectivity index (χ1v) is 8.29. The van der Waals surface area contributed by atoms with Crippen LogP contribution >= 0.6 is 0 Å². The molecular formula is C18H19N5O. The van der Waals surface area contributed by atoms with Crippen LogP contribution in [0, 0.1) is 11.3 Å². The normalized spacial score (nSPS) is 16.3. The van der Waals surface area contributed by atoms with Gasteiger partial charge < -0.3 is 9.80 Å². The van der Waals surface area contributed by atoms with Crippen LogP contribution in [-0.4, -0.2) is 34.1 Å². The molecule has 6 heteroatoms. The Labute approximate surface area is 140 Å². The Kier molecular flexibility index (Phi) is 3.49. The number of fused-ring (bicyclic) bond motifs is 2. The number of H-pyrrole nitrogens is 1. The Morgan fingerprint density at radius 3 is 3.00 bits per heavy atom. The van der Waals surface area contributed by atoms with E-state index in [4.69, 9.17) is 5.26 Å². The number of nitrogens with one attached hydrogen (secondary N) is 1. The molecule has 6 nitrogen and oxygen atoms in total. The molecule has 0 fully saturated rings. The van der Waals surface area contributed by atoms with Gasteiger partial charge in [0, 0.05) is 43.4 Å². The molecule has 1 N–H and O–H groups in total. The average molecular weight is 321 g/mol. The molecule has 2 aliphatic heterocycles. The van der Waals surface area contributed by atoms with Gasteiger partial charge in [-0.25, -0.2) is 0 Å². The van der Waals surface area contributed by atoms with Crippen LogP contribution in [0.4, 0.5) is 11.5 Å². The number of amides is 1. The predicted octanol–water partition coefficient (Wildman–Crippen LogP) is 2.27. The van der Waals surface area contributed by atoms with E-state index in [0.29, 0.717) is 12.1 Å². The number of hydrogen-bond acceptors (Lipinski definition) is 4. The van der Waals surface area contributed by atoms with Crippen molar-refractivity contribution >= 4 is 17.4 Å². The monoisotopic (exact) mass is 321 g/mol. The standard InChI is InChI=1S/C18H19N5O/c1-12(24)22-8-6-16-15(11-22)18(21-20-16)23-7-2-3-14-9-13(10-19)4-5-17(14)23/h4-5,9H,2-3,6-8,11H2,1H3,(H,20,21). The van der Waals surface area contributed by atoms with Crippen molar-refractivity contribution in [2.45, 2.75) is 32.7 Å². The van der Waals surface area contributed by atoms with Gasteiger partial charge in [-0.05, 0) is 36.6 Å². The maximum Gasteiger partial charge on any atom is 0.219 e. The van der Waals surface area contributed by atoms with Crippen LogP contribution in [0.15, 0.2) is 18.2 Å². The molecule has 4 rings (SSSR count). The van der Waals surface area contributed by atoms with Crippen molar-refractivity contribution in [3.63, 3.8) is 0 Å². The molecule has 122 valence electrons. The van der Waals surface area contributed by atoms with Crippen molar-refractivity contribution in [3.8, 4) is 6.07 Å². The van der Waals surface area contributed by atoms with Gasteiger partial charge in [0.15, 0.2) is 5.82 Å². The molecule has 0 atom stereocenters. The molecular weight excluding hydrogens is 302 g/mol. The van der Waals surface area contributed by atoms with Gasteiger partial charge in [0.1, 0.15) is 0 Å². The van der Waals surface area contributed by atoms with E-state index in [0.717, 1.165) is 55.1 Å². The van der Waals surface area contributed by atoms with Crippen molar-refractivity contribution in [1.29, 1.82) is 5.26 Å². The summed E-state index contributed by atoms with van der Waals surface area (Å²) in [6, 6.07) is 8.06. The fraction of sp³-hybridized carbons (Fsp3) is 0.389. The number of carbonyl (C=O) groups excluding carboxylic acids is 1. The maximum absolute atomic E-state index is 11.7. The van der Waals surface area contributed by atoms with Crippen molar-refractivity contribution in [2.24, 2.45) is 0 Å². The number of hydrogen-bond donors (Lipinski definition) is 1. The van der Waals surface area contributed by atoms with E-state index in [1.54, 1.807) is 6.92 Å². The van der Waals surface area contributed by atoms with E-state index in [1.165, 1.54) is 5.56 Å². The molecule has 0 aliphatic carbocycles. The summed E-state index contributed by atoms with van der Waals surface area (Å²) in [6.07, 6.45) is 2.82. The Morgan fingerprint density at radius 1 is 1.33 bits per heavy atom. The summed E-state index contributed by atoms with van der Waals surface area (Å²) in [5.41, 5.74) is 5.25. The largest absolute Gasteiger partial charge is 0.338 e. The summed E-state index contributed by atoms with van der Waals surface area (Å²) in [5, 5.41) is 16.8. The van der Waals surface area contributed by atoms with Crippen LogP contribution in [0.25, 0.3) is 0 Å². The van der Waals surface area contributed by atoms with E-state index in [2.05, 4.69) is 21.2 Å². The predicted molar refractivity (Wildman–Crippen MR) is 89.9 cm³/mol. The van der Waals surface area contributed by atoms with Gasteiger partial charge >= 0.3 is 0 Å². The number of benzene rings is 1. The highest BCUT2D eigenvalue weighted by Gasteiger charge is 2.28. The first kappa shape index (κ1) is 14.8. The Bertz CT molecular complexity index is 848. The molecule has 0 radical (unpaired) electrons. The molecule has 2 aliphatic rings. The number of aryl methyl sites for hydroxylation is 1. The number of aromatic amines is 1. The summed E-state index contributed by atoms with van der Waals surface area (Å²) < 4.78 is 0. The van der Waals surface area contributed by atoms with Crippen LogP contribution in [0.3, 0.4) is 0 Å². The molecule has 24 heavy (non-hydrogen) atoms. The Morgan fingerprint density at radius 2 is 2.21 bits per heavy atom. The average Bonchev–Trinajstić information content (AvgIpc) is 3.03. The number of nitriles is 1. The molecule has 0 unspecified atom stereocenters. The zero-order valence-electron chi connectivity index (χ0n) is 13.7. The lowest BCUT2D eigenvalue weighted by molar-refractivity contribution is -0.129. The minimum Gasteiger partial charge on any atom is -0.338 e. The fourth-order valence-corrected chi connectivity index (χ4v) is 3.66. The third-order valence-electron chi connectivity index (χ3n) is 4.94. The van der Waals surface area contributed by atoms with E-state index in [-0.39, 0.29) is 5.91 Å². The highest BCUT2D eigenvalue weighted by atomic mass is 16.2. The quantitative estimate of drug-likeness (QED) is 0.874. The van der Waals surface area contributed by atoms with Gasteiger partial charge in [-0.2, -0.15) is 10.4 Å². The SMILES string of the molecule is CC(=O)N1CCc2[nH]nc(N3CCCc4cc(C#N)ccc43)c2C1. The molecule has 0 spiro atoms. The fourth-order valence-electron chi connectivity index (χ4n) is 3.66. The van der Waals surface area contributed by atoms with Gasteiger partial charge in [-0.1, -0.05) is 0 Å². The van der Waals surface area contributed by atoms with E-state index in [1.807, 2.05) is 23.1 Å². The van der Waals surface area contributed by atoms with Crippen molar-refractivity contribution < 1.29 is 4.79 Å². The van der Waals surface area contributed by atoms with Crippen LogP contribution < -0.4 is 4.90 Å². The molecule has 3 heterocycles. The molecule has 0 saturated carbocycles. The second kappa shape index (κ2) is 5.68. The minimum absolute atomic E-state index is 0.102. The second-order valence-corrected chi connectivity index (χ2v) is 6.41. The van der Waals surface area contributed by atoms with E-state index in [9.17, 15) is 4.79 Å². The maximum atomic E-state index is 11.7. The summed E-state index contributed by atoms with van der Waals surface area (Å²) in [7, 11) is 0. The number of aromatic nitrogens is 2. The van der Waals surface area contributed by atoms with Gasteiger partial charge in [0.25, 0.3) is 0 Å². The summed E-state index contributed by atoms with van der Waals surface area (Å²) in [4.78, 5) is 15.8.